The summed E-state index contributed by atoms with van der Waals surface area (Å²) in [5.74, 6) is 0.0741. The van der Waals surface area contributed by atoms with Crippen LogP contribution in [0.3, 0.4) is 0 Å². The third-order valence-corrected chi connectivity index (χ3v) is 7.35. The highest BCUT2D eigenvalue weighted by atomic mass is 16.5. The van der Waals surface area contributed by atoms with Gasteiger partial charge in [-0.1, -0.05) is 24.3 Å². The molecule has 1 aromatic carbocycles. The van der Waals surface area contributed by atoms with Gasteiger partial charge in [0, 0.05) is 5.56 Å². The Hall–Kier alpha value is -3.48. The highest BCUT2D eigenvalue weighted by molar-refractivity contribution is 6.07. The highest BCUT2D eigenvalue weighted by Crippen LogP contribution is 2.73. The summed E-state index contributed by atoms with van der Waals surface area (Å²) >= 11 is 0. The molecule has 1 spiro atoms. The molecule has 1 aromatic heterocycles. The van der Waals surface area contributed by atoms with Crippen LogP contribution in [-0.2, 0) is 14.3 Å². The number of hydrazone groups is 1. The molecule has 3 fully saturated rings. The van der Waals surface area contributed by atoms with Crippen LogP contribution in [0.5, 0.6) is 0 Å². The van der Waals surface area contributed by atoms with Crippen LogP contribution in [0.1, 0.15) is 29.0 Å². The Morgan fingerprint density at radius 2 is 1.71 bits per heavy atom. The molecule has 1 aliphatic heterocycles. The fourth-order valence-corrected chi connectivity index (χ4v) is 5.76. The number of furan rings is 1. The third kappa shape index (κ3) is 2.46. The zero-order chi connectivity index (χ0) is 21.3. The van der Waals surface area contributed by atoms with Crippen molar-refractivity contribution in [3.8, 4) is 11.3 Å². The minimum Gasteiger partial charge on any atom is -0.465 e. The summed E-state index contributed by atoms with van der Waals surface area (Å²) in [4.78, 5) is 37.5. The van der Waals surface area contributed by atoms with E-state index in [9.17, 15) is 14.4 Å². The second-order valence-electron chi connectivity index (χ2n) is 8.72. The topological polar surface area (TPSA) is 89.2 Å². The number of carbonyl (C=O) groups is 3. The molecule has 2 amide bonds. The second-order valence-corrected chi connectivity index (χ2v) is 8.72. The molecule has 7 heteroatoms. The van der Waals surface area contributed by atoms with Gasteiger partial charge in [0.1, 0.15) is 11.5 Å². The lowest BCUT2D eigenvalue weighted by Gasteiger charge is -2.18. The molecule has 156 valence electrons. The van der Waals surface area contributed by atoms with Crippen molar-refractivity contribution in [3.63, 3.8) is 0 Å². The Balaban J connectivity index is 1.19. The molecule has 2 bridgehead atoms. The standard InChI is InChI=1S/C24H20N2O5/c1-30-23(29)14-4-2-13(3-5-14)18-9-6-15(31-18)12-25-26-21(27)19-16-7-8-17(20(19)22(26)28)24(16)10-11-24/h2-9,12,16-17,19-20H,10-11H2,1H3/b25-12-/t16-,17-,19+,20+/m1/s1. The van der Waals surface area contributed by atoms with E-state index in [1.807, 2.05) is 0 Å². The van der Waals surface area contributed by atoms with Crippen LogP contribution in [0, 0.1) is 29.1 Å². The summed E-state index contributed by atoms with van der Waals surface area (Å²) in [6.07, 6.45) is 7.91. The number of esters is 1. The average Bonchev–Trinajstić information content (AvgIpc) is 3.07. The van der Waals surface area contributed by atoms with E-state index in [0.717, 1.165) is 23.4 Å². The van der Waals surface area contributed by atoms with Gasteiger partial charge in [0.25, 0.3) is 11.8 Å². The first-order chi connectivity index (χ1) is 15.0. The number of hydrogen-bond acceptors (Lipinski definition) is 6. The predicted molar refractivity (Wildman–Crippen MR) is 110 cm³/mol. The van der Waals surface area contributed by atoms with Gasteiger partial charge in [0.2, 0.25) is 0 Å². The van der Waals surface area contributed by atoms with Gasteiger partial charge in [-0.05, 0) is 54.4 Å². The molecule has 31 heavy (non-hydrogen) atoms. The number of allylic oxidation sites excluding steroid dienone is 2. The van der Waals surface area contributed by atoms with Gasteiger partial charge < -0.3 is 9.15 Å². The molecular weight excluding hydrogens is 396 g/mol. The SMILES string of the molecule is COC(=O)c1ccc(-c2ccc(/C=N\N3C(=O)[C@@H]4[C@@H](C3=O)[C@H]3C=C[C@H]4C34CC4)o2)cc1. The monoisotopic (exact) mass is 416 g/mol. The maximum atomic E-state index is 13.0. The Morgan fingerprint density at radius 1 is 1.06 bits per heavy atom. The normalized spacial score (nSPS) is 29.4. The molecule has 7 nitrogen and oxygen atoms in total. The van der Waals surface area contributed by atoms with E-state index >= 15 is 0 Å². The minimum atomic E-state index is -0.403. The van der Waals surface area contributed by atoms with Crippen LogP contribution in [0.25, 0.3) is 11.3 Å². The Morgan fingerprint density at radius 3 is 2.29 bits per heavy atom. The summed E-state index contributed by atoms with van der Waals surface area (Å²) in [6, 6.07) is 10.3. The molecule has 2 heterocycles. The van der Waals surface area contributed by atoms with Gasteiger partial charge in [-0.3, -0.25) is 9.59 Å². The number of benzene rings is 1. The first kappa shape index (κ1) is 18.3. The molecule has 0 unspecified atom stereocenters. The minimum absolute atomic E-state index is 0.176. The van der Waals surface area contributed by atoms with Crippen molar-refractivity contribution in [2.45, 2.75) is 12.8 Å². The number of hydrogen-bond donors (Lipinski definition) is 0. The van der Waals surface area contributed by atoms with E-state index in [1.165, 1.54) is 13.3 Å². The number of fused-ring (bicyclic) bond motifs is 3. The van der Waals surface area contributed by atoms with E-state index in [2.05, 4.69) is 17.3 Å². The van der Waals surface area contributed by atoms with E-state index < -0.39 is 5.97 Å². The molecule has 4 aliphatic rings. The Bertz CT molecular complexity index is 1140. The number of carbonyl (C=O) groups excluding carboxylic acids is 3. The van der Waals surface area contributed by atoms with Crippen LogP contribution in [-0.4, -0.2) is 36.1 Å². The van der Waals surface area contributed by atoms with Crippen LogP contribution in [0.2, 0.25) is 0 Å². The van der Waals surface area contributed by atoms with Crippen LogP contribution >= 0.6 is 0 Å². The van der Waals surface area contributed by atoms with Crippen molar-refractivity contribution in [1.82, 2.24) is 5.01 Å². The fraction of sp³-hybridized carbons (Fsp3) is 0.333. The maximum Gasteiger partial charge on any atom is 0.337 e. The molecule has 0 radical (unpaired) electrons. The summed E-state index contributed by atoms with van der Waals surface area (Å²) in [5.41, 5.74) is 1.41. The molecule has 0 N–H and O–H groups in total. The smallest absolute Gasteiger partial charge is 0.337 e. The van der Waals surface area contributed by atoms with E-state index in [0.29, 0.717) is 17.1 Å². The number of ether oxygens (including phenoxy) is 1. The molecule has 6 rings (SSSR count). The van der Waals surface area contributed by atoms with Crippen molar-refractivity contribution >= 4 is 24.0 Å². The zero-order valence-electron chi connectivity index (χ0n) is 16.9. The number of imide groups is 1. The molecule has 4 atom stereocenters. The summed E-state index contributed by atoms with van der Waals surface area (Å²) < 4.78 is 10.5. The molecule has 1 saturated heterocycles. The number of nitrogens with zero attached hydrogens (tertiary/aromatic N) is 2. The van der Waals surface area contributed by atoms with Gasteiger partial charge in [0.05, 0.1) is 30.7 Å². The van der Waals surface area contributed by atoms with Gasteiger partial charge in [-0.15, -0.1) is 0 Å². The van der Waals surface area contributed by atoms with E-state index in [4.69, 9.17) is 9.15 Å². The van der Waals surface area contributed by atoms with E-state index in [1.54, 1.807) is 36.4 Å². The number of methoxy groups -OCH3 is 1. The van der Waals surface area contributed by atoms with Crippen LogP contribution in [0.4, 0.5) is 0 Å². The summed E-state index contributed by atoms with van der Waals surface area (Å²) in [6.45, 7) is 0. The molecular formula is C24H20N2O5. The first-order valence-corrected chi connectivity index (χ1v) is 10.4. The molecule has 3 aliphatic carbocycles. The first-order valence-electron chi connectivity index (χ1n) is 10.4. The fourth-order valence-electron chi connectivity index (χ4n) is 5.76. The van der Waals surface area contributed by atoms with E-state index in [-0.39, 0.29) is 40.9 Å². The van der Waals surface area contributed by atoms with Gasteiger partial charge >= 0.3 is 5.97 Å². The zero-order valence-corrected chi connectivity index (χ0v) is 16.9. The molecule has 2 saturated carbocycles. The Labute approximate surface area is 178 Å². The highest BCUT2D eigenvalue weighted by Gasteiger charge is 2.73. The van der Waals surface area contributed by atoms with Crippen molar-refractivity contribution in [2.75, 3.05) is 7.11 Å². The average molecular weight is 416 g/mol. The van der Waals surface area contributed by atoms with Crippen LogP contribution in [0.15, 0.2) is 58.1 Å². The van der Waals surface area contributed by atoms with Gasteiger partial charge in [-0.25, -0.2) is 4.79 Å². The second kappa shape index (κ2) is 6.26. The van der Waals surface area contributed by atoms with Crippen molar-refractivity contribution in [2.24, 2.45) is 34.2 Å². The lowest BCUT2D eigenvalue weighted by molar-refractivity contribution is -0.141. The summed E-state index contributed by atoms with van der Waals surface area (Å²) in [5, 5.41) is 5.22. The Kier molecular flexibility index (Phi) is 3.70. The summed E-state index contributed by atoms with van der Waals surface area (Å²) in [7, 11) is 1.34. The third-order valence-electron chi connectivity index (χ3n) is 7.35. The van der Waals surface area contributed by atoms with Gasteiger partial charge in [-0.2, -0.15) is 10.1 Å². The van der Waals surface area contributed by atoms with Gasteiger partial charge in [0.15, 0.2) is 0 Å². The van der Waals surface area contributed by atoms with Crippen LogP contribution < -0.4 is 0 Å². The maximum absolute atomic E-state index is 13.0. The largest absolute Gasteiger partial charge is 0.465 e. The van der Waals surface area contributed by atoms with Crippen molar-refractivity contribution in [1.29, 1.82) is 0 Å². The quantitative estimate of drug-likeness (QED) is 0.330. The number of amides is 2. The van der Waals surface area contributed by atoms with Crippen molar-refractivity contribution in [3.05, 3.63) is 59.9 Å². The predicted octanol–water partition coefficient (Wildman–Crippen LogP) is 3.26. The number of rotatable bonds is 4. The lowest BCUT2D eigenvalue weighted by atomic mass is 9.85. The van der Waals surface area contributed by atoms with Crippen molar-refractivity contribution < 1.29 is 23.5 Å². The molecule has 2 aromatic rings. The lowest BCUT2D eigenvalue weighted by Crippen LogP contribution is -2.30.